The fourth-order valence-corrected chi connectivity index (χ4v) is 3.31. The zero-order valence-corrected chi connectivity index (χ0v) is 17.9. The van der Waals surface area contributed by atoms with Gasteiger partial charge in [0.05, 0.1) is 17.6 Å². The van der Waals surface area contributed by atoms with E-state index in [4.69, 9.17) is 4.74 Å². The van der Waals surface area contributed by atoms with E-state index in [1.165, 1.54) is 0 Å². The van der Waals surface area contributed by atoms with Crippen LogP contribution in [0.4, 0.5) is 10.7 Å². The molecule has 0 radical (unpaired) electrons. The van der Waals surface area contributed by atoms with Crippen LogP contribution in [0.1, 0.15) is 42.4 Å². The number of hydrogen-bond donors (Lipinski definition) is 5. The maximum absolute atomic E-state index is 12.9. The fourth-order valence-electron chi connectivity index (χ4n) is 3.31. The highest BCUT2D eigenvalue weighted by Gasteiger charge is 2.24. The van der Waals surface area contributed by atoms with E-state index in [2.05, 4.69) is 41.1 Å². The van der Waals surface area contributed by atoms with Crippen molar-refractivity contribution in [2.75, 3.05) is 37.7 Å². The van der Waals surface area contributed by atoms with Crippen LogP contribution in [-0.4, -0.2) is 69.9 Å². The SMILES string of the molecule is CCCCOC(=O)NC(NC(=O)c1nc(N2CCNCC2)n[nH]1)c1nc2ccccc2[nH]1. The molecule has 3 heterocycles. The lowest BCUT2D eigenvalue weighted by molar-refractivity contribution is 0.0909. The van der Waals surface area contributed by atoms with E-state index >= 15 is 0 Å². The van der Waals surface area contributed by atoms with E-state index in [1.54, 1.807) is 0 Å². The van der Waals surface area contributed by atoms with Crippen LogP contribution >= 0.6 is 0 Å². The van der Waals surface area contributed by atoms with Crippen molar-refractivity contribution < 1.29 is 14.3 Å². The summed E-state index contributed by atoms with van der Waals surface area (Å²) in [6.07, 6.45) is 0.0555. The highest BCUT2D eigenvalue weighted by Crippen LogP contribution is 2.15. The molecule has 1 aliphatic heterocycles. The molecule has 1 aliphatic rings. The van der Waals surface area contributed by atoms with Crippen molar-refractivity contribution in [3.05, 3.63) is 35.9 Å². The summed E-state index contributed by atoms with van der Waals surface area (Å²) in [6.45, 7) is 5.46. The van der Waals surface area contributed by atoms with Gasteiger partial charge in [-0.25, -0.2) is 9.78 Å². The van der Waals surface area contributed by atoms with Gasteiger partial charge in [0.2, 0.25) is 11.8 Å². The molecule has 1 aromatic carbocycles. The van der Waals surface area contributed by atoms with Crippen LogP contribution < -0.4 is 20.9 Å². The number of para-hydroxylation sites is 2. The van der Waals surface area contributed by atoms with Gasteiger partial charge < -0.3 is 25.3 Å². The number of carbonyl (C=O) groups is 2. The highest BCUT2D eigenvalue weighted by molar-refractivity contribution is 5.91. The Kier molecular flexibility index (Phi) is 6.80. The molecule has 4 rings (SSSR count). The number of H-pyrrole nitrogens is 2. The molecule has 1 unspecified atom stereocenters. The Morgan fingerprint density at radius 3 is 2.78 bits per heavy atom. The summed E-state index contributed by atoms with van der Waals surface area (Å²) in [5.41, 5.74) is 1.49. The van der Waals surface area contributed by atoms with Gasteiger partial charge in [-0.1, -0.05) is 25.5 Å². The zero-order chi connectivity index (χ0) is 22.3. The Morgan fingerprint density at radius 1 is 1.19 bits per heavy atom. The van der Waals surface area contributed by atoms with Gasteiger partial charge in [0.15, 0.2) is 12.0 Å². The smallest absolute Gasteiger partial charge is 0.409 e. The Labute approximate surface area is 184 Å². The number of aromatic nitrogens is 5. The number of alkyl carbamates (subject to hydrolysis) is 1. The summed E-state index contributed by atoms with van der Waals surface area (Å²) in [4.78, 5) is 39.1. The van der Waals surface area contributed by atoms with E-state index < -0.39 is 18.2 Å². The Morgan fingerprint density at radius 2 is 2.00 bits per heavy atom. The number of benzene rings is 1. The van der Waals surface area contributed by atoms with Gasteiger partial charge in [0, 0.05) is 26.2 Å². The predicted molar refractivity (Wildman–Crippen MR) is 117 cm³/mol. The van der Waals surface area contributed by atoms with Crippen molar-refractivity contribution in [3.8, 4) is 0 Å². The number of piperazine rings is 1. The lowest BCUT2D eigenvalue weighted by Crippen LogP contribution is -2.44. The van der Waals surface area contributed by atoms with Crippen LogP contribution in [0.15, 0.2) is 24.3 Å². The third-order valence-corrected chi connectivity index (χ3v) is 5.04. The van der Waals surface area contributed by atoms with E-state index in [9.17, 15) is 9.59 Å². The lowest BCUT2D eigenvalue weighted by Gasteiger charge is -2.25. The summed E-state index contributed by atoms with van der Waals surface area (Å²) in [7, 11) is 0. The third-order valence-electron chi connectivity index (χ3n) is 5.04. The van der Waals surface area contributed by atoms with Gasteiger partial charge in [-0.3, -0.25) is 15.2 Å². The number of nitrogens with one attached hydrogen (secondary N) is 5. The summed E-state index contributed by atoms with van der Waals surface area (Å²) in [6, 6.07) is 7.43. The minimum Gasteiger partial charge on any atom is -0.450 e. The molecular formula is C20H27N9O3. The number of carbonyl (C=O) groups excluding carboxylic acids is 2. The first-order valence-electron chi connectivity index (χ1n) is 10.7. The van der Waals surface area contributed by atoms with Gasteiger partial charge in [-0.15, -0.1) is 5.10 Å². The van der Waals surface area contributed by atoms with Crippen LogP contribution in [0.2, 0.25) is 0 Å². The van der Waals surface area contributed by atoms with Crippen LogP contribution in [-0.2, 0) is 4.74 Å². The van der Waals surface area contributed by atoms with Crippen LogP contribution in [0.5, 0.6) is 0 Å². The number of anilines is 1. The second-order valence-corrected chi connectivity index (χ2v) is 7.40. The van der Waals surface area contributed by atoms with Gasteiger partial charge in [-0.2, -0.15) is 4.98 Å². The first-order valence-corrected chi connectivity index (χ1v) is 10.7. The molecule has 5 N–H and O–H groups in total. The molecule has 32 heavy (non-hydrogen) atoms. The van der Waals surface area contributed by atoms with Crippen molar-refractivity contribution in [1.29, 1.82) is 0 Å². The van der Waals surface area contributed by atoms with E-state index in [0.29, 0.717) is 23.9 Å². The van der Waals surface area contributed by atoms with Crippen molar-refractivity contribution in [2.45, 2.75) is 25.9 Å². The van der Waals surface area contributed by atoms with Gasteiger partial charge >= 0.3 is 6.09 Å². The van der Waals surface area contributed by atoms with Gasteiger partial charge in [0.25, 0.3) is 5.91 Å². The van der Waals surface area contributed by atoms with E-state index in [1.807, 2.05) is 36.1 Å². The number of hydrogen-bond acceptors (Lipinski definition) is 8. The molecule has 3 aromatic rings. The normalized spacial score (nSPS) is 14.8. The molecular weight excluding hydrogens is 414 g/mol. The fraction of sp³-hybridized carbons (Fsp3) is 0.450. The lowest BCUT2D eigenvalue weighted by atomic mass is 10.3. The van der Waals surface area contributed by atoms with Crippen molar-refractivity contribution in [1.82, 2.24) is 41.1 Å². The van der Waals surface area contributed by atoms with Gasteiger partial charge in [0.1, 0.15) is 0 Å². The average Bonchev–Trinajstić information content (AvgIpc) is 3.47. The van der Waals surface area contributed by atoms with Crippen LogP contribution in [0.3, 0.4) is 0 Å². The largest absolute Gasteiger partial charge is 0.450 e. The molecule has 1 fully saturated rings. The second-order valence-electron chi connectivity index (χ2n) is 7.40. The summed E-state index contributed by atoms with van der Waals surface area (Å²) in [5.74, 6) is 0.344. The van der Waals surface area contributed by atoms with E-state index in [-0.39, 0.29) is 5.82 Å². The maximum Gasteiger partial charge on any atom is 0.409 e. The van der Waals surface area contributed by atoms with E-state index in [0.717, 1.165) is 44.5 Å². The first kappa shape index (κ1) is 21.6. The molecule has 2 aromatic heterocycles. The van der Waals surface area contributed by atoms with Crippen molar-refractivity contribution >= 4 is 29.0 Å². The monoisotopic (exact) mass is 441 g/mol. The molecule has 0 spiro atoms. The number of rotatable bonds is 8. The number of imidazole rings is 1. The minimum atomic E-state index is -0.947. The Balaban J connectivity index is 1.49. The van der Waals surface area contributed by atoms with Crippen molar-refractivity contribution in [2.24, 2.45) is 0 Å². The molecule has 0 saturated carbocycles. The number of ether oxygens (including phenoxy) is 1. The molecule has 2 amide bonds. The number of aromatic amines is 2. The minimum absolute atomic E-state index is 0.0424. The molecule has 170 valence electrons. The summed E-state index contributed by atoms with van der Waals surface area (Å²) >= 11 is 0. The van der Waals surface area contributed by atoms with Crippen molar-refractivity contribution in [3.63, 3.8) is 0 Å². The van der Waals surface area contributed by atoms with Crippen LogP contribution in [0, 0.1) is 0 Å². The molecule has 1 saturated heterocycles. The molecule has 0 aliphatic carbocycles. The first-order chi connectivity index (χ1) is 15.6. The molecule has 1 atom stereocenters. The molecule has 12 heteroatoms. The number of nitrogens with zero attached hydrogens (tertiary/aromatic N) is 4. The second kappa shape index (κ2) is 10.1. The number of fused-ring (bicyclic) bond motifs is 1. The zero-order valence-electron chi connectivity index (χ0n) is 17.9. The molecule has 0 bridgehead atoms. The maximum atomic E-state index is 12.9. The average molecular weight is 441 g/mol. The topological polar surface area (TPSA) is 153 Å². The van der Waals surface area contributed by atoms with Gasteiger partial charge in [-0.05, 0) is 18.6 Å². The quantitative estimate of drug-likeness (QED) is 0.257. The van der Waals surface area contributed by atoms with Crippen LogP contribution in [0.25, 0.3) is 11.0 Å². The highest BCUT2D eigenvalue weighted by atomic mass is 16.5. The standard InChI is InChI=1S/C20H27N9O3/c1-2-3-12-32-20(31)26-16(15-22-13-6-4-5-7-14(13)23-15)24-18(30)17-25-19(28-27-17)29-10-8-21-9-11-29/h4-7,16,21H,2-3,8-12H2,1H3,(H,22,23)(H,24,30)(H,26,31)(H,25,27,28). The number of amides is 2. The third kappa shape index (κ3) is 5.14. The Bertz CT molecular complexity index is 1020. The summed E-state index contributed by atoms with van der Waals surface area (Å²) in [5, 5.41) is 15.5. The summed E-state index contributed by atoms with van der Waals surface area (Å²) < 4.78 is 5.19. The Hall–Kier alpha value is -3.67. The molecule has 12 nitrogen and oxygen atoms in total. The predicted octanol–water partition coefficient (Wildman–Crippen LogP) is 1.05. The number of unbranched alkanes of at least 4 members (excludes halogenated alkanes) is 1.